The predicted octanol–water partition coefficient (Wildman–Crippen LogP) is 3.22. The molecule has 1 aliphatic rings. The molecule has 0 N–H and O–H groups in total. The van der Waals surface area contributed by atoms with Crippen molar-refractivity contribution < 1.29 is 9.53 Å². The van der Waals surface area contributed by atoms with Crippen molar-refractivity contribution in [2.45, 2.75) is 84.3 Å². The van der Waals surface area contributed by atoms with Gasteiger partial charge in [-0.05, 0) is 67.7 Å². The number of carbonyl (C=O) groups excluding carboxylic acids is 1. The molecule has 0 heterocycles. The highest BCUT2D eigenvalue weighted by Crippen LogP contribution is 2.44. The van der Waals surface area contributed by atoms with E-state index in [0.717, 1.165) is 19.3 Å². The van der Waals surface area contributed by atoms with Gasteiger partial charge in [-0.1, -0.05) is 0 Å². The fourth-order valence-corrected chi connectivity index (χ4v) is 2.96. The molecule has 0 saturated heterocycles. The number of nitrogens with zero attached hydrogens (tertiary/aromatic N) is 2. The third kappa shape index (κ3) is 3.17. The number of esters is 1. The Labute approximate surface area is 124 Å². The third-order valence-corrected chi connectivity index (χ3v) is 4.15. The van der Waals surface area contributed by atoms with E-state index in [2.05, 4.69) is 58.6 Å². The summed E-state index contributed by atoms with van der Waals surface area (Å²) in [5.41, 5.74) is -0.659. The van der Waals surface area contributed by atoms with Gasteiger partial charge in [-0.15, -0.1) is 0 Å². The maximum Gasteiger partial charge on any atom is 0.327 e. The predicted molar refractivity (Wildman–Crippen MR) is 82.3 cm³/mol. The first kappa shape index (κ1) is 17.4. The minimum absolute atomic E-state index is 0.0393. The standard InChI is InChI=1S/C16H32N2O2/c1-9-20-13(19)16(11-10-12-16)18(15(5,6)7)17(8)14(2,3)4/h9-12H2,1-8H3. The van der Waals surface area contributed by atoms with Crippen LogP contribution in [0.4, 0.5) is 0 Å². The summed E-state index contributed by atoms with van der Waals surface area (Å²) in [5, 5.41) is 4.46. The molecular weight excluding hydrogens is 252 g/mol. The van der Waals surface area contributed by atoms with Crippen molar-refractivity contribution in [2.75, 3.05) is 13.7 Å². The average Bonchev–Trinajstić information content (AvgIpc) is 2.19. The summed E-state index contributed by atoms with van der Waals surface area (Å²) >= 11 is 0. The van der Waals surface area contributed by atoms with Gasteiger partial charge in [0, 0.05) is 18.1 Å². The number of ether oxygens (including phenoxy) is 1. The summed E-state index contributed by atoms with van der Waals surface area (Å²) in [6.45, 7) is 15.3. The smallest absolute Gasteiger partial charge is 0.327 e. The van der Waals surface area contributed by atoms with Crippen LogP contribution >= 0.6 is 0 Å². The second-order valence-electron chi connectivity index (χ2n) is 7.78. The molecule has 1 aliphatic carbocycles. The van der Waals surface area contributed by atoms with Gasteiger partial charge in [-0.25, -0.2) is 14.8 Å². The van der Waals surface area contributed by atoms with E-state index >= 15 is 0 Å². The monoisotopic (exact) mass is 284 g/mol. The number of hydrazine groups is 1. The van der Waals surface area contributed by atoms with Crippen molar-refractivity contribution in [1.82, 2.24) is 10.0 Å². The normalized spacial score (nSPS) is 19.1. The van der Waals surface area contributed by atoms with Gasteiger partial charge in [-0.2, -0.15) is 0 Å². The molecule has 4 heteroatoms. The quantitative estimate of drug-likeness (QED) is 0.586. The van der Waals surface area contributed by atoms with E-state index < -0.39 is 5.54 Å². The van der Waals surface area contributed by atoms with Crippen LogP contribution in [0.1, 0.15) is 67.7 Å². The lowest BCUT2D eigenvalue weighted by molar-refractivity contribution is -0.226. The lowest BCUT2D eigenvalue weighted by atomic mass is 9.74. The lowest BCUT2D eigenvalue weighted by Crippen LogP contribution is -2.72. The van der Waals surface area contributed by atoms with Gasteiger partial charge in [0.1, 0.15) is 5.54 Å². The summed E-state index contributed by atoms with van der Waals surface area (Å²) in [6.07, 6.45) is 2.84. The van der Waals surface area contributed by atoms with Crippen LogP contribution in [-0.4, -0.2) is 46.3 Å². The zero-order chi connectivity index (χ0) is 15.8. The van der Waals surface area contributed by atoms with Gasteiger partial charge >= 0.3 is 5.97 Å². The maximum atomic E-state index is 12.6. The highest BCUT2D eigenvalue weighted by Gasteiger charge is 2.56. The first-order valence-corrected chi connectivity index (χ1v) is 7.68. The molecule has 0 amide bonds. The number of hydrogen-bond donors (Lipinski definition) is 0. The van der Waals surface area contributed by atoms with Crippen molar-refractivity contribution in [3.63, 3.8) is 0 Å². The van der Waals surface area contributed by atoms with Crippen molar-refractivity contribution in [3.8, 4) is 0 Å². The summed E-state index contributed by atoms with van der Waals surface area (Å²) in [6, 6.07) is 0. The highest BCUT2D eigenvalue weighted by molar-refractivity contribution is 5.82. The van der Waals surface area contributed by atoms with Gasteiger partial charge in [0.05, 0.1) is 6.61 Å². The zero-order valence-corrected chi connectivity index (χ0v) is 14.5. The SMILES string of the molecule is CCOC(=O)C1(N(N(C)C(C)(C)C)C(C)(C)C)CCC1. The Morgan fingerprint density at radius 2 is 1.60 bits per heavy atom. The van der Waals surface area contributed by atoms with Crippen LogP contribution in [0, 0.1) is 0 Å². The molecule has 118 valence electrons. The van der Waals surface area contributed by atoms with Gasteiger partial charge in [0.25, 0.3) is 0 Å². The molecule has 1 fully saturated rings. The van der Waals surface area contributed by atoms with E-state index in [1.807, 2.05) is 6.92 Å². The Bertz CT molecular complexity index is 348. The summed E-state index contributed by atoms with van der Waals surface area (Å²) in [7, 11) is 2.07. The van der Waals surface area contributed by atoms with E-state index in [9.17, 15) is 4.79 Å². The molecule has 1 rings (SSSR count). The summed E-state index contributed by atoms with van der Waals surface area (Å²) in [4.78, 5) is 12.6. The maximum absolute atomic E-state index is 12.6. The Hall–Kier alpha value is -0.610. The second-order valence-corrected chi connectivity index (χ2v) is 7.78. The molecule has 20 heavy (non-hydrogen) atoms. The van der Waals surface area contributed by atoms with Crippen LogP contribution < -0.4 is 0 Å². The van der Waals surface area contributed by atoms with Gasteiger partial charge in [0.15, 0.2) is 0 Å². The van der Waals surface area contributed by atoms with Crippen LogP contribution in [0.15, 0.2) is 0 Å². The van der Waals surface area contributed by atoms with Crippen LogP contribution in [0.5, 0.6) is 0 Å². The van der Waals surface area contributed by atoms with Crippen LogP contribution in [0.2, 0.25) is 0 Å². The minimum Gasteiger partial charge on any atom is -0.465 e. The van der Waals surface area contributed by atoms with E-state index in [1.165, 1.54) is 0 Å². The topological polar surface area (TPSA) is 32.8 Å². The fraction of sp³-hybridized carbons (Fsp3) is 0.938. The molecule has 0 aliphatic heterocycles. The summed E-state index contributed by atoms with van der Waals surface area (Å²) in [5.74, 6) is -0.0720. The minimum atomic E-state index is -0.490. The molecule has 1 saturated carbocycles. The van der Waals surface area contributed by atoms with Crippen LogP contribution in [-0.2, 0) is 9.53 Å². The average molecular weight is 284 g/mol. The van der Waals surface area contributed by atoms with Crippen LogP contribution in [0.3, 0.4) is 0 Å². The summed E-state index contributed by atoms with van der Waals surface area (Å²) < 4.78 is 5.38. The Kier molecular flexibility index (Phi) is 4.92. The molecule has 0 radical (unpaired) electrons. The Morgan fingerprint density at radius 3 is 1.85 bits per heavy atom. The number of hydrogen-bond acceptors (Lipinski definition) is 4. The van der Waals surface area contributed by atoms with Crippen molar-refractivity contribution >= 4 is 5.97 Å². The molecule has 0 aromatic carbocycles. The van der Waals surface area contributed by atoms with Gasteiger partial charge in [0.2, 0.25) is 0 Å². The van der Waals surface area contributed by atoms with E-state index in [-0.39, 0.29) is 17.0 Å². The van der Waals surface area contributed by atoms with E-state index in [1.54, 1.807) is 0 Å². The molecule has 0 aromatic heterocycles. The second kappa shape index (κ2) is 5.64. The highest BCUT2D eigenvalue weighted by atomic mass is 16.5. The van der Waals surface area contributed by atoms with Gasteiger partial charge in [-0.3, -0.25) is 0 Å². The molecular formula is C16H32N2O2. The first-order valence-electron chi connectivity index (χ1n) is 7.68. The Balaban J connectivity index is 3.19. The first-order chi connectivity index (χ1) is 8.97. The number of rotatable bonds is 4. The largest absolute Gasteiger partial charge is 0.465 e. The molecule has 0 aromatic rings. The van der Waals surface area contributed by atoms with Crippen LogP contribution in [0.25, 0.3) is 0 Å². The van der Waals surface area contributed by atoms with Crippen molar-refractivity contribution in [3.05, 3.63) is 0 Å². The van der Waals surface area contributed by atoms with Crippen molar-refractivity contribution in [2.24, 2.45) is 0 Å². The lowest BCUT2D eigenvalue weighted by Gasteiger charge is -2.59. The fourth-order valence-electron chi connectivity index (χ4n) is 2.96. The molecule has 0 spiro atoms. The van der Waals surface area contributed by atoms with E-state index in [0.29, 0.717) is 6.61 Å². The van der Waals surface area contributed by atoms with E-state index in [4.69, 9.17) is 4.74 Å². The number of carbonyl (C=O) groups is 1. The third-order valence-electron chi connectivity index (χ3n) is 4.15. The molecule has 0 bridgehead atoms. The molecule has 0 unspecified atom stereocenters. The molecule has 4 nitrogen and oxygen atoms in total. The zero-order valence-electron chi connectivity index (χ0n) is 14.5. The Morgan fingerprint density at radius 1 is 1.10 bits per heavy atom. The van der Waals surface area contributed by atoms with Crippen molar-refractivity contribution in [1.29, 1.82) is 0 Å². The molecule has 0 atom stereocenters. The van der Waals surface area contributed by atoms with Gasteiger partial charge < -0.3 is 4.74 Å².